The molecule has 2 rings (SSSR count). The van der Waals surface area contributed by atoms with Crippen LogP contribution < -0.4 is 4.74 Å². The fourth-order valence-electron chi connectivity index (χ4n) is 3.19. The molecule has 1 aromatic rings. The number of aliphatic hydroxyl groups excluding tert-OH is 1. The molecule has 1 heterocycles. The van der Waals surface area contributed by atoms with Crippen LogP contribution in [-0.4, -0.2) is 42.6 Å². The lowest BCUT2D eigenvalue weighted by atomic mass is 9.87. The van der Waals surface area contributed by atoms with Crippen LogP contribution in [0.5, 0.6) is 5.75 Å². The smallest absolute Gasteiger partial charge is 0.308 e. The second-order valence-electron chi connectivity index (χ2n) is 8.23. The topological polar surface area (TPSA) is 74.2 Å². The Morgan fingerprint density at radius 2 is 1.93 bits per heavy atom. The van der Waals surface area contributed by atoms with Crippen LogP contribution in [0, 0.1) is 11.8 Å². The molecule has 1 aliphatic heterocycles. The third kappa shape index (κ3) is 6.19. The zero-order valence-corrected chi connectivity index (χ0v) is 17.1. The number of methoxy groups -OCH3 is 1. The Morgan fingerprint density at radius 3 is 2.48 bits per heavy atom. The Hall–Kier alpha value is -1.63. The first kappa shape index (κ1) is 21.7. The lowest BCUT2D eigenvalue weighted by Gasteiger charge is -2.39. The van der Waals surface area contributed by atoms with Gasteiger partial charge in [-0.2, -0.15) is 0 Å². The lowest BCUT2D eigenvalue weighted by Crippen LogP contribution is -2.43. The molecule has 1 aromatic carbocycles. The van der Waals surface area contributed by atoms with Crippen LogP contribution in [0.15, 0.2) is 24.3 Å². The maximum Gasteiger partial charge on any atom is 0.308 e. The average molecular weight is 380 g/mol. The van der Waals surface area contributed by atoms with Crippen LogP contribution >= 0.6 is 0 Å². The molecule has 0 aromatic heterocycles. The molecule has 6 heteroatoms. The number of rotatable bonds is 6. The highest BCUT2D eigenvalue weighted by molar-refractivity contribution is 5.70. The van der Waals surface area contributed by atoms with Crippen LogP contribution in [0.25, 0.3) is 0 Å². The molecule has 0 aliphatic carbocycles. The van der Waals surface area contributed by atoms with Crippen molar-refractivity contribution in [3.63, 3.8) is 0 Å². The van der Waals surface area contributed by atoms with E-state index in [2.05, 4.69) is 0 Å². The van der Waals surface area contributed by atoms with Gasteiger partial charge in [-0.1, -0.05) is 26.0 Å². The molecule has 5 atom stereocenters. The highest BCUT2D eigenvalue weighted by Crippen LogP contribution is 2.34. The number of aliphatic hydroxyl groups is 1. The summed E-state index contributed by atoms with van der Waals surface area (Å²) in [5.41, 5.74) is 0.323. The first-order valence-electron chi connectivity index (χ1n) is 9.41. The molecular weight excluding hydrogens is 348 g/mol. The molecule has 0 radical (unpaired) electrons. The van der Waals surface area contributed by atoms with Gasteiger partial charge in [0.2, 0.25) is 0 Å². The van der Waals surface area contributed by atoms with Crippen molar-refractivity contribution in [1.29, 1.82) is 0 Å². The molecule has 6 nitrogen and oxygen atoms in total. The summed E-state index contributed by atoms with van der Waals surface area (Å²) in [5, 5.41) is 10.5. The summed E-state index contributed by atoms with van der Waals surface area (Å²) in [5.74, 6) is 0.217. The highest BCUT2D eigenvalue weighted by Gasteiger charge is 2.37. The number of benzene rings is 1. The van der Waals surface area contributed by atoms with E-state index in [0.29, 0.717) is 6.61 Å². The summed E-state index contributed by atoms with van der Waals surface area (Å²) in [6.07, 6.45) is -1.64. The predicted octanol–water partition coefficient (Wildman–Crippen LogP) is 3.47. The number of hydrogen-bond acceptors (Lipinski definition) is 6. The largest absolute Gasteiger partial charge is 0.497 e. The van der Waals surface area contributed by atoms with Crippen LogP contribution in [0.4, 0.5) is 0 Å². The Kier molecular flexibility index (Phi) is 7.25. The fourth-order valence-corrected chi connectivity index (χ4v) is 3.19. The van der Waals surface area contributed by atoms with E-state index in [4.69, 9.17) is 18.9 Å². The SMILES string of the molecule is COc1ccc([C@@H]2OC[C@H](C)[C@@H]([C@H](C)[C@H](O)CC(=O)OC(C)(C)C)O2)cc1. The van der Waals surface area contributed by atoms with Crippen molar-refractivity contribution in [2.45, 2.75) is 65.1 Å². The van der Waals surface area contributed by atoms with E-state index in [0.717, 1.165) is 11.3 Å². The predicted molar refractivity (Wildman–Crippen MR) is 101 cm³/mol. The van der Waals surface area contributed by atoms with Gasteiger partial charge in [0.25, 0.3) is 0 Å². The third-order valence-electron chi connectivity index (χ3n) is 4.66. The molecule has 0 bridgehead atoms. The number of esters is 1. The molecule has 0 unspecified atom stereocenters. The molecule has 1 fully saturated rings. The molecule has 1 aliphatic rings. The number of carbonyl (C=O) groups is 1. The second kappa shape index (κ2) is 9.04. The summed E-state index contributed by atoms with van der Waals surface area (Å²) in [6, 6.07) is 7.52. The van der Waals surface area contributed by atoms with Crippen molar-refractivity contribution in [1.82, 2.24) is 0 Å². The third-order valence-corrected chi connectivity index (χ3v) is 4.66. The maximum atomic E-state index is 12.0. The van der Waals surface area contributed by atoms with Crippen molar-refractivity contribution >= 4 is 5.97 Å². The maximum absolute atomic E-state index is 12.0. The Balaban J connectivity index is 2.00. The number of hydrogen-bond donors (Lipinski definition) is 1. The van der Waals surface area contributed by atoms with Gasteiger partial charge in [-0.05, 0) is 32.9 Å². The van der Waals surface area contributed by atoms with Crippen LogP contribution in [0.3, 0.4) is 0 Å². The summed E-state index contributed by atoms with van der Waals surface area (Å²) < 4.78 is 22.5. The van der Waals surface area contributed by atoms with Gasteiger partial charge < -0.3 is 24.1 Å². The van der Waals surface area contributed by atoms with Gasteiger partial charge in [-0.15, -0.1) is 0 Å². The van der Waals surface area contributed by atoms with Gasteiger partial charge in [0.15, 0.2) is 6.29 Å². The Morgan fingerprint density at radius 1 is 1.30 bits per heavy atom. The van der Waals surface area contributed by atoms with Crippen LogP contribution in [-0.2, 0) is 19.0 Å². The van der Waals surface area contributed by atoms with Crippen LogP contribution in [0.1, 0.15) is 52.9 Å². The highest BCUT2D eigenvalue weighted by atomic mass is 16.7. The van der Waals surface area contributed by atoms with Crippen LogP contribution in [0.2, 0.25) is 0 Å². The van der Waals surface area contributed by atoms with E-state index in [9.17, 15) is 9.90 Å². The molecule has 1 N–H and O–H groups in total. The van der Waals surface area contributed by atoms with Crippen molar-refractivity contribution in [3.05, 3.63) is 29.8 Å². The molecule has 0 saturated carbocycles. The van der Waals surface area contributed by atoms with Crippen molar-refractivity contribution in [3.8, 4) is 5.75 Å². The fraction of sp³-hybridized carbons (Fsp3) is 0.667. The molecule has 1 saturated heterocycles. The zero-order chi connectivity index (χ0) is 20.2. The number of carbonyl (C=O) groups excluding carboxylic acids is 1. The molecule has 0 amide bonds. The standard InChI is InChI=1S/C21H32O6/c1-13-12-25-20(15-7-9-16(24-6)10-8-15)26-19(13)14(2)17(22)11-18(23)27-21(3,4)5/h7-10,13-14,17,19-20,22H,11-12H2,1-6H3/t13-,14+,17+,19-,20+/m0/s1. The molecule has 152 valence electrons. The Bertz CT molecular complexity index is 606. The minimum absolute atomic E-state index is 0.0565. The first-order chi connectivity index (χ1) is 12.6. The average Bonchev–Trinajstić information content (AvgIpc) is 2.60. The molecule has 27 heavy (non-hydrogen) atoms. The summed E-state index contributed by atoms with van der Waals surface area (Å²) in [6.45, 7) is 9.86. The van der Waals surface area contributed by atoms with E-state index in [1.807, 2.05) is 58.9 Å². The monoisotopic (exact) mass is 380 g/mol. The molecular formula is C21H32O6. The quantitative estimate of drug-likeness (QED) is 0.762. The number of ether oxygens (including phenoxy) is 4. The normalized spacial score (nSPS) is 25.5. The second-order valence-corrected chi connectivity index (χ2v) is 8.23. The van der Waals surface area contributed by atoms with Gasteiger partial charge in [0.05, 0.1) is 32.3 Å². The zero-order valence-electron chi connectivity index (χ0n) is 17.1. The van der Waals surface area contributed by atoms with Gasteiger partial charge in [0.1, 0.15) is 11.4 Å². The lowest BCUT2D eigenvalue weighted by molar-refractivity contribution is -0.256. The summed E-state index contributed by atoms with van der Waals surface area (Å²) in [7, 11) is 1.62. The Labute approximate surface area is 161 Å². The first-order valence-corrected chi connectivity index (χ1v) is 9.41. The van der Waals surface area contributed by atoms with E-state index in [1.54, 1.807) is 7.11 Å². The summed E-state index contributed by atoms with van der Waals surface area (Å²) >= 11 is 0. The van der Waals surface area contributed by atoms with Gasteiger partial charge in [-0.3, -0.25) is 4.79 Å². The van der Waals surface area contributed by atoms with Crippen molar-refractivity contribution in [2.24, 2.45) is 11.8 Å². The molecule has 0 spiro atoms. The van der Waals surface area contributed by atoms with Gasteiger partial charge in [-0.25, -0.2) is 0 Å². The minimum Gasteiger partial charge on any atom is -0.497 e. The van der Waals surface area contributed by atoms with Gasteiger partial charge in [0, 0.05) is 17.4 Å². The van der Waals surface area contributed by atoms with Gasteiger partial charge >= 0.3 is 5.97 Å². The van der Waals surface area contributed by atoms with Crippen molar-refractivity contribution < 1.29 is 28.8 Å². The van der Waals surface area contributed by atoms with E-state index < -0.39 is 24.0 Å². The minimum atomic E-state index is -0.845. The van der Waals surface area contributed by atoms with E-state index in [-0.39, 0.29) is 24.4 Å². The van der Waals surface area contributed by atoms with E-state index >= 15 is 0 Å². The summed E-state index contributed by atoms with van der Waals surface area (Å²) in [4.78, 5) is 12.0. The van der Waals surface area contributed by atoms with E-state index in [1.165, 1.54) is 0 Å². The van der Waals surface area contributed by atoms with Crippen molar-refractivity contribution in [2.75, 3.05) is 13.7 Å².